The molecule has 0 amide bonds. The second-order valence-corrected chi connectivity index (χ2v) is 3.06. The summed E-state index contributed by atoms with van der Waals surface area (Å²) in [5, 5.41) is 9.27. The molecule has 2 nitrogen and oxygen atoms in total. The maximum atomic E-state index is 9.27. The number of hydrogen-bond acceptors (Lipinski definition) is 2. The molecule has 0 saturated heterocycles. The van der Waals surface area contributed by atoms with Crippen LogP contribution in [0.3, 0.4) is 0 Å². The molecule has 0 aliphatic heterocycles. The Kier molecular flexibility index (Phi) is 3.60. The van der Waals surface area contributed by atoms with Crippen molar-refractivity contribution in [1.29, 1.82) is 0 Å². The van der Waals surface area contributed by atoms with E-state index in [1.807, 2.05) is 0 Å². The van der Waals surface area contributed by atoms with Gasteiger partial charge in [-0.2, -0.15) is 0 Å². The summed E-state index contributed by atoms with van der Waals surface area (Å²) >= 11 is 0. The van der Waals surface area contributed by atoms with E-state index in [0.717, 1.165) is 25.7 Å². The molecule has 2 atom stereocenters. The van der Waals surface area contributed by atoms with E-state index in [0.29, 0.717) is 6.61 Å². The van der Waals surface area contributed by atoms with Crippen molar-refractivity contribution in [3.8, 4) is 0 Å². The SMILES string of the molecule is C=CCOC1CCCC(O)C1. The van der Waals surface area contributed by atoms with Crippen LogP contribution in [0.2, 0.25) is 0 Å². The first kappa shape index (κ1) is 8.75. The Morgan fingerprint density at radius 3 is 3.00 bits per heavy atom. The van der Waals surface area contributed by atoms with Crippen LogP contribution in [0.4, 0.5) is 0 Å². The molecule has 2 unspecified atom stereocenters. The zero-order valence-electron chi connectivity index (χ0n) is 6.83. The van der Waals surface area contributed by atoms with Gasteiger partial charge in [0.05, 0.1) is 18.8 Å². The quantitative estimate of drug-likeness (QED) is 0.627. The number of ether oxygens (including phenoxy) is 1. The predicted octanol–water partition coefficient (Wildman–Crippen LogP) is 1.49. The Labute approximate surface area is 67.9 Å². The summed E-state index contributed by atoms with van der Waals surface area (Å²) in [4.78, 5) is 0. The van der Waals surface area contributed by atoms with Crippen LogP contribution in [-0.2, 0) is 4.74 Å². The second kappa shape index (κ2) is 4.52. The van der Waals surface area contributed by atoms with E-state index in [1.165, 1.54) is 0 Å². The molecule has 1 rings (SSSR count). The van der Waals surface area contributed by atoms with Gasteiger partial charge in [-0.3, -0.25) is 0 Å². The van der Waals surface area contributed by atoms with Crippen molar-refractivity contribution in [2.45, 2.75) is 37.9 Å². The van der Waals surface area contributed by atoms with Gasteiger partial charge in [0.1, 0.15) is 0 Å². The van der Waals surface area contributed by atoms with E-state index in [1.54, 1.807) is 6.08 Å². The molecule has 64 valence electrons. The van der Waals surface area contributed by atoms with E-state index >= 15 is 0 Å². The molecule has 1 fully saturated rings. The van der Waals surface area contributed by atoms with Crippen LogP contribution < -0.4 is 0 Å². The summed E-state index contributed by atoms with van der Waals surface area (Å²) in [6.45, 7) is 4.19. The Bertz CT molecular complexity index is 123. The monoisotopic (exact) mass is 156 g/mol. The molecule has 0 heterocycles. The number of aliphatic hydroxyl groups excluding tert-OH is 1. The standard InChI is InChI=1S/C9H16O2/c1-2-6-11-9-5-3-4-8(10)7-9/h2,8-10H,1,3-7H2. The highest BCUT2D eigenvalue weighted by atomic mass is 16.5. The van der Waals surface area contributed by atoms with Crippen molar-refractivity contribution in [3.63, 3.8) is 0 Å². The number of aliphatic hydroxyl groups is 1. The maximum absolute atomic E-state index is 9.27. The van der Waals surface area contributed by atoms with Crippen LogP contribution in [0.25, 0.3) is 0 Å². The second-order valence-electron chi connectivity index (χ2n) is 3.06. The molecular weight excluding hydrogens is 140 g/mol. The van der Waals surface area contributed by atoms with Gasteiger partial charge < -0.3 is 9.84 Å². The van der Waals surface area contributed by atoms with Crippen molar-refractivity contribution in [1.82, 2.24) is 0 Å². The van der Waals surface area contributed by atoms with Crippen LogP contribution in [0.15, 0.2) is 12.7 Å². The molecule has 1 aliphatic carbocycles. The lowest BCUT2D eigenvalue weighted by Crippen LogP contribution is -2.25. The minimum atomic E-state index is -0.140. The van der Waals surface area contributed by atoms with Gasteiger partial charge in [-0.05, 0) is 25.7 Å². The first-order valence-electron chi connectivity index (χ1n) is 4.23. The average Bonchev–Trinajstić information content (AvgIpc) is 2.01. The number of hydrogen-bond donors (Lipinski definition) is 1. The van der Waals surface area contributed by atoms with Gasteiger partial charge in [0.2, 0.25) is 0 Å². The van der Waals surface area contributed by atoms with Gasteiger partial charge >= 0.3 is 0 Å². The molecule has 0 spiro atoms. The van der Waals surface area contributed by atoms with E-state index < -0.39 is 0 Å². The van der Waals surface area contributed by atoms with Crippen molar-refractivity contribution in [3.05, 3.63) is 12.7 Å². The zero-order chi connectivity index (χ0) is 8.10. The third-order valence-electron chi connectivity index (χ3n) is 2.05. The van der Waals surface area contributed by atoms with Crippen LogP contribution in [-0.4, -0.2) is 23.9 Å². The summed E-state index contributed by atoms with van der Waals surface area (Å²) in [7, 11) is 0. The molecule has 0 aromatic rings. The van der Waals surface area contributed by atoms with Crippen LogP contribution >= 0.6 is 0 Å². The van der Waals surface area contributed by atoms with Gasteiger partial charge in [0, 0.05) is 0 Å². The minimum absolute atomic E-state index is 0.140. The van der Waals surface area contributed by atoms with Gasteiger partial charge in [-0.1, -0.05) is 6.08 Å². The van der Waals surface area contributed by atoms with Gasteiger partial charge in [-0.25, -0.2) is 0 Å². The van der Waals surface area contributed by atoms with E-state index in [-0.39, 0.29) is 12.2 Å². The largest absolute Gasteiger partial charge is 0.393 e. The Morgan fingerprint density at radius 2 is 2.36 bits per heavy atom. The van der Waals surface area contributed by atoms with Crippen molar-refractivity contribution >= 4 is 0 Å². The van der Waals surface area contributed by atoms with Crippen molar-refractivity contribution in [2.24, 2.45) is 0 Å². The first-order chi connectivity index (χ1) is 5.33. The Balaban J connectivity index is 2.17. The molecular formula is C9H16O2. The molecule has 1 aliphatic rings. The van der Waals surface area contributed by atoms with E-state index in [9.17, 15) is 5.11 Å². The van der Waals surface area contributed by atoms with Crippen LogP contribution in [0.5, 0.6) is 0 Å². The highest BCUT2D eigenvalue weighted by Gasteiger charge is 2.19. The van der Waals surface area contributed by atoms with Crippen LogP contribution in [0.1, 0.15) is 25.7 Å². The topological polar surface area (TPSA) is 29.5 Å². The molecule has 2 heteroatoms. The molecule has 0 bridgehead atoms. The fourth-order valence-electron chi connectivity index (χ4n) is 1.48. The molecule has 1 saturated carbocycles. The molecule has 11 heavy (non-hydrogen) atoms. The highest BCUT2D eigenvalue weighted by molar-refractivity contribution is 4.74. The lowest BCUT2D eigenvalue weighted by atomic mass is 9.95. The molecule has 0 aromatic carbocycles. The van der Waals surface area contributed by atoms with Gasteiger partial charge in [0.25, 0.3) is 0 Å². The lowest BCUT2D eigenvalue weighted by molar-refractivity contribution is -0.00299. The molecule has 1 N–H and O–H groups in total. The maximum Gasteiger partial charge on any atom is 0.0648 e. The Hall–Kier alpha value is -0.340. The molecule has 0 radical (unpaired) electrons. The summed E-state index contributed by atoms with van der Waals surface area (Å²) in [5.41, 5.74) is 0. The lowest BCUT2D eigenvalue weighted by Gasteiger charge is -2.25. The van der Waals surface area contributed by atoms with Crippen molar-refractivity contribution in [2.75, 3.05) is 6.61 Å². The zero-order valence-corrected chi connectivity index (χ0v) is 6.83. The average molecular weight is 156 g/mol. The Morgan fingerprint density at radius 1 is 1.55 bits per heavy atom. The van der Waals surface area contributed by atoms with E-state index in [2.05, 4.69) is 6.58 Å². The summed E-state index contributed by atoms with van der Waals surface area (Å²) in [6, 6.07) is 0. The van der Waals surface area contributed by atoms with Gasteiger partial charge in [0.15, 0.2) is 0 Å². The smallest absolute Gasteiger partial charge is 0.0648 e. The minimum Gasteiger partial charge on any atom is -0.393 e. The third kappa shape index (κ3) is 3.04. The fraction of sp³-hybridized carbons (Fsp3) is 0.778. The highest BCUT2D eigenvalue weighted by Crippen LogP contribution is 2.20. The van der Waals surface area contributed by atoms with Crippen LogP contribution in [0, 0.1) is 0 Å². The predicted molar refractivity (Wildman–Crippen MR) is 44.4 cm³/mol. The van der Waals surface area contributed by atoms with Gasteiger partial charge in [-0.15, -0.1) is 6.58 Å². The fourth-order valence-corrected chi connectivity index (χ4v) is 1.48. The summed E-state index contributed by atoms with van der Waals surface area (Å²) in [5.74, 6) is 0. The first-order valence-corrected chi connectivity index (χ1v) is 4.23. The molecule has 0 aromatic heterocycles. The third-order valence-corrected chi connectivity index (χ3v) is 2.05. The summed E-state index contributed by atoms with van der Waals surface area (Å²) < 4.78 is 5.42. The van der Waals surface area contributed by atoms with Crippen molar-refractivity contribution < 1.29 is 9.84 Å². The summed E-state index contributed by atoms with van der Waals surface area (Å²) in [6.07, 6.45) is 5.78. The van der Waals surface area contributed by atoms with E-state index in [4.69, 9.17) is 4.74 Å². The normalized spacial score (nSPS) is 31.7. The number of rotatable bonds is 3.